The van der Waals surface area contributed by atoms with Gasteiger partial charge in [0.05, 0.1) is 23.1 Å². The molecule has 2 heterocycles. The van der Waals surface area contributed by atoms with E-state index >= 15 is 0 Å². The predicted octanol–water partition coefficient (Wildman–Crippen LogP) is 3.54. The highest BCUT2D eigenvalue weighted by molar-refractivity contribution is 6.23. The zero-order valence-corrected chi connectivity index (χ0v) is 15.6. The monoisotopic (exact) mass is 366 g/mol. The van der Waals surface area contributed by atoms with Gasteiger partial charge in [-0.15, -0.1) is 0 Å². The molecule has 28 heavy (non-hydrogen) atoms. The number of nitrogens with one attached hydrogen (secondary N) is 1. The van der Waals surface area contributed by atoms with Crippen LogP contribution in [0.15, 0.2) is 72.9 Å². The van der Waals surface area contributed by atoms with Crippen molar-refractivity contribution in [1.29, 1.82) is 0 Å². The lowest BCUT2D eigenvalue weighted by molar-refractivity contribution is 0.100. The van der Waals surface area contributed by atoms with Crippen LogP contribution in [0.4, 0.5) is 5.82 Å². The van der Waals surface area contributed by atoms with E-state index < -0.39 is 0 Å². The highest BCUT2D eigenvalue weighted by Gasteiger charge is 2.16. The maximum absolute atomic E-state index is 12.3. The molecule has 2 aromatic heterocycles. The van der Waals surface area contributed by atoms with Crippen LogP contribution in [0.2, 0.25) is 6.32 Å². The van der Waals surface area contributed by atoms with E-state index in [-0.39, 0.29) is 11.6 Å². The molecule has 0 aliphatic rings. The maximum atomic E-state index is 12.3. The summed E-state index contributed by atoms with van der Waals surface area (Å²) >= 11 is 0. The fraction of sp³-hybridized carbons (Fsp3) is 0.0909. The number of ketones is 1. The van der Waals surface area contributed by atoms with Crippen LogP contribution in [0, 0.1) is 0 Å². The predicted molar refractivity (Wildman–Crippen MR) is 114 cm³/mol. The summed E-state index contributed by atoms with van der Waals surface area (Å²) in [6, 6.07) is 21.8. The topological polar surface area (TPSA) is 67.8 Å². The van der Waals surface area contributed by atoms with E-state index in [2.05, 4.69) is 32.4 Å². The first-order chi connectivity index (χ1) is 13.8. The van der Waals surface area contributed by atoms with Crippen molar-refractivity contribution in [3.8, 4) is 11.1 Å². The number of rotatable bonds is 6. The first-order valence-electron chi connectivity index (χ1n) is 9.29. The Hall–Kier alpha value is -3.54. The van der Waals surface area contributed by atoms with Crippen LogP contribution in [0.1, 0.15) is 16.3 Å². The van der Waals surface area contributed by atoms with Crippen LogP contribution in [0.3, 0.4) is 0 Å². The highest BCUT2D eigenvalue weighted by Crippen LogP contribution is 2.32. The quantitative estimate of drug-likeness (QED) is 0.418. The number of nitrogens with zero attached hydrogens (tertiary/aromatic N) is 3. The minimum Gasteiger partial charge on any atom is -0.364 e. The molecule has 2 aromatic carbocycles. The lowest BCUT2D eigenvalue weighted by atomic mass is 9.99. The molecule has 0 saturated heterocycles. The zero-order valence-electron chi connectivity index (χ0n) is 15.6. The molecule has 0 saturated carbocycles. The summed E-state index contributed by atoms with van der Waals surface area (Å²) in [6.07, 6.45) is 2.13. The number of anilines is 1. The molecule has 0 unspecified atom stereocenters. The van der Waals surface area contributed by atoms with Gasteiger partial charge in [0.25, 0.3) is 0 Å². The molecule has 5 nitrogen and oxygen atoms in total. The third kappa shape index (κ3) is 3.62. The van der Waals surface area contributed by atoms with Crippen molar-refractivity contribution in [2.45, 2.75) is 12.9 Å². The zero-order chi connectivity index (χ0) is 19.3. The van der Waals surface area contributed by atoms with Crippen molar-refractivity contribution in [1.82, 2.24) is 15.0 Å². The van der Waals surface area contributed by atoms with Gasteiger partial charge < -0.3 is 5.32 Å². The van der Waals surface area contributed by atoms with Crippen LogP contribution in [0.25, 0.3) is 22.0 Å². The van der Waals surface area contributed by atoms with Crippen molar-refractivity contribution < 1.29 is 4.79 Å². The van der Waals surface area contributed by atoms with Gasteiger partial charge in [0, 0.05) is 6.20 Å². The lowest BCUT2D eigenvalue weighted by Gasteiger charge is -2.14. The van der Waals surface area contributed by atoms with E-state index in [4.69, 9.17) is 0 Å². The molecule has 0 atom stereocenters. The van der Waals surface area contributed by atoms with Gasteiger partial charge in [-0.25, -0.2) is 9.97 Å². The van der Waals surface area contributed by atoms with Crippen molar-refractivity contribution in [3.05, 3.63) is 84.4 Å². The molecule has 4 aromatic rings. The fourth-order valence-corrected chi connectivity index (χ4v) is 3.13. The second-order valence-electron chi connectivity index (χ2n) is 6.41. The van der Waals surface area contributed by atoms with Gasteiger partial charge in [-0.05, 0) is 35.6 Å². The number of fused-ring (bicyclic) bond motifs is 1. The van der Waals surface area contributed by atoms with Crippen molar-refractivity contribution in [2.24, 2.45) is 0 Å². The van der Waals surface area contributed by atoms with E-state index in [1.807, 2.05) is 62.4 Å². The Bertz CT molecular complexity index is 1120. The summed E-state index contributed by atoms with van der Waals surface area (Å²) in [4.78, 5) is 25.7. The number of carbonyl (C=O) groups excluding carboxylic acids is 1. The Morgan fingerprint density at radius 3 is 2.50 bits per heavy atom. The van der Waals surface area contributed by atoms with Gasteiger partial charge in [-0.3, -0.25) is 9.78 Å². The third-order valence-electron chi connectivity index (χ3n) is 4.54. The summed E-state index contributed by atoms with van der Waals surface area (Å²) in [5.74, 6) is 0.809. The number of hydrogen-bond donors (Lipinski definition) is 1. The van der Waals surface area contributed by atoms with Gasteiger partial charge >= 0.3 is 0 Å². The SMILES string of the molecule is BCC(=O)c1nc(NCc2ccccn2)c2c(-c3ccccc3)cccc2n1. The van der Waals surface area contributed by atoms with E-state index in [0.717, 1.165) is 27.7 Å². The summed E-state index contributed by atoms with van der Waals surface area (Å²) in [6.45, 7) is 0.510. The number of benzene rings is 2. The molecule has 0 radical (unpaired) electrons. The molecule has 4 rings (SSSR count). The number of hydrogen-bond acceptors (Lipinski definition) is 5. The number of aromatic nitrogens is 3. The molecule has 1 N–H and O–H groups in total. The van der Waals surface area contributed by atoms with Gasteiger partial charge in [-0.2, -0.15) is 0 Å². The second kappa shape index (κ2) is 8.00. The molecular weight excluding hydrogens is 347 g/mol. The molecule has 0 bridgehead atoms. The third-order valence-corrected chi connectivity index (χ3v) is 4.54. The molecule has 6 heteroatoms. The first kappa shape index (κ1) is 17.9. The Morgan fingerprint density at radius 2 is 1.75 bits per heavy atom. The number of pyridine rings is 1. The molecular formula is C22H19BN4O. The van der Waals surface area contributed by atoms with Crippen molar-refractivity contribution >= 4 is 30.4 Å². The molecule has 0 fully saturated rings. The van der Waals surface area contributed by atoms with E-state index in [1.54, 1.807) is 6.20 Å². The average molecular weight is 366 g/mol. The van der Waals surface area contributed by atoms with Crippen molar-refractivity contribution in [2.75, 3.05) is 5.32 Å². The average Bonchev–Trinajstić information content (AvgIpc) is 2.77. The second-order valence-corrected chi connectivity index (χ2v) is 6.41. The largest absolute Gasteiger partial charge is 0.364 e. The van der Waals surface area contributed by atoms with E-state index in [1.165, 1.54) is 0 Å². The number of Topliss-reactive ketones (excluding diaryl/α,β-unsaturated/α-hetero) is 1. The smallest absolute Gasteiger partial charge is 0.197 e. The summed E-state index contributed by atoms with van der Waals surface area (Å²) in [7, 11) is 1.82. The molecule has 0 amide bonds. The first-order valence-corrected chi connectivity index (χ1v) is 9.29. The van der Waals surface area contributed by atoms with Crippen molar-refractivity contribution in [3.63, 3.8) is 0 Å². The molecule has 136 valence electrons. The van der Waals surface area contributed by atoms with Gasteiger partial charge in [0.1, 0.15) is 13.7 Å². The number of carbonyl (C=O) groups is 1. The Kier molecular flexibility index (Phi) is 5.10. The Balaban J connectivity index is 1.86. The minimum absolute atomic E-state index is 0.0760. The van der Waals surface area contributed by atoms with Crippen LogP contribution in [-0.4, -0.2) is 28.6 Å². The standard InChI is InChI=1S/C22H19BN4O/c23-13-19(28)21-26-18-11-6-10-17(15-7-2-1-3-8-15)20(18)22(27-21)25-14-16-9-4-5-12-24-16/h1-12H,13-14,23H2,(H,25,26,27). The normalized spacial score (nSPS) is 10.7. The van der Waals surface area contributed by atoms with Gasteiger partial charge in [0.15, 0.2) is 11.6 Å². The van der Waals surface area contributed by atoms with Crippen LogP contribution in [-0.2, 0) is 6.54 Å². The maximum Gasteiger partial charge on any atom is 0.197 e. The van der Waals surface area contributed by atoms with Crippen LogP contribution < -0.4 is 5.32 Å². The molecule has 0 aliphatic heterocycles. The van der Waals surface area contributed by atoms with Crippen LogP contribution >= 0.6 is 0 Å². The lowest BCUT2D eigenvalue weighted by Crippen LogP contribution is -2.10. The molecule has 0 spiro atoms. The molecule has 0 aliphatic carbocycles. The van der Waals surface area contributed by atoms with E-state index in [9.17, 15) is 4.79 Å². The fourth-order valence-electron chi connectivity index (χ4n) is 3.13. The highest BCUT2D eigenvalue weighted by atomic mass is 16.1. The summed E-state index contributed by atoms with van der Waals surface area (Å²) in [5.41, 5.74) is 3.75. The minimum atomic E-state index is -0.0760. The summed E-state index contributed by atoms with van der Waals surface area (Å²) < 4.78 is 0. The van der Waals surface area contributed by atoms with Crippen LogP contribution in [0.5, 0.6) is 0 Å². The summed E-state index contributed by atoms with van der Waals surface area (Å²) in [5, 5.41) is 4.27. The van der Waals surface area contributed by atoms with E-state index in [0.29, 0.717) is 18.7 Å². The Morgan fingerprint density at radius 1 is 0.929 bits per heavy atom. The van der Waals surface area contributed by atoms with Gasteiger partial charge in [-0.1, -0.05) is 48.5 Å². The van der Waals surface area contributed by atoms with Gasteiger partial charge in [0.2, 0.25) is 0 Å². The Labute approximate surface area is 164 Å².